The zero-order valence-corrected chi connectivity index (χ0v) is 21.3. The zero-order valence-electron chi connectivity index (χ0n) is 20.5. The van der Waals surface area contributed by atoms with E-state index in [4.69, 9.17) is 11.6 Å². The third kappa shape index (κ3) is 3.43. The molecule has 2 aromatic rings. The molecule has 178 valence electrons. The largest absolute Gasteiger partial charge is 0.297 e. The molecule has 0 saturated heterocycles. The Morgan fingerprint density at radius 3 is 2.70 bits per heavy atom. The van der Waals surface area contributed by atoms with Crippen molar-refractivity contribution in [3.8, 4) is 0 Å². The number of hydrogen-bond donors (Lipinski definition) is 0. The van der Waals surface area contributed by atoms with Gasteiger partial charge in [0.2, 0.25) is 0 Å². The number of Topliss-reactive ketones (excluding diaryl/α,β-unsaturated/α-hetero) is 1. The number of carbonyl (C=O) groups is 1. The second-order valence-corrected chi connectivity index (χ2v) is 13.1. The Morgan fingerprint density at radius 1 is 1.06 bits per heavy atom. The van der Waals surface area contributed by atoms with E-state index in [1.54, 1.807) is 0 Å². The van der Waals surface area contributed by atoms with E-state index in [1.165, 1.54) is 51.4 Å². The minimum absolute atomic E-state index is 0.180. The van der Waals surface area contributed by atoms with Crippen molar-refractivity contribution in [2.24, 2.45) is 46.3 Å². The van der Waals surface area contributed by atoms with Gasteiger partial charge in [-0.2, -0.15) is 5.10 Å². The van der Waals surface area contributed by atoms with Gasteiger partial charge in [0.25, 0.3) is 0 Å². The maximum absolute atomic E-state index is 13.6. The Labute approximate surface area is 203 Å². The third-order valence-corrected chi connectivity index (χ3v) is 11.4. The molecule has 4 fully saturated rings. The number of hydrogen-bond acceptors (Lipinski definition) is 2. The average molecular weight is 467 g/mol. The van der Waals surface area contributed by atoms with E-state index in [1.807, 2.05) is 29.1 Å². The van der Waals surface area contributed by atoms with Crippen LogP contribution in [0.1, 0.15) is 78.6 Å². The maximum Gasteiger partial charge on any atom is 0.157 e. The number of benzene rings is 1. The van der Waals surface area contributed by atoms with Crippen LogP contribution in [0.2, 0.25) is 5.02 Å². The number of carbonyl (C=O) groups excluding carboxylic acids is 1. The highest BCUT2D eigenvalue weighted by atomic mass is 35.5. The minimum atomic E-state index is 0.180. The van der Waals surface area contributed by atoms with Gasteiger partial charge in [-0.05, 0) is 110 Å². The Morgan fingerprint density at radius 2 is 1.85 bits per heavy atom. The monoisotopic (exact) mass is 466 g/mol. The molecular formula is C29H39ClN2O. The second-order valence-electron chi connectivity index (χ2n) is 12.7. The summed E-state index contributed by atoms with van der Waals surface area (Å²) in [7, 11) is 0. The molecule has 0 radical (unpaired) electrons. The SMILES string of the molecule is CC1CCC2(C)C(CCC3C2CCC2(C)C(C(=O)Cn4cc5cc(Cl)ccc5n4)CCC32)C1. The highest BCUT2D eigenvalue weighted by Crippen LogP contribution is 2.67. The Kier molecular flexibility index (Phi) is 5.25. The molecule has 0 aliphatic heterocycles. The van der Waals surface area contributed by atoms with Crippen molar-refractivity contribution in [3.63, 3.8) is 0 Å². The van der Waals surface area contributed by atoms with Gasteiger partial charge in [0, 0.05) is 22.5 Å². The second kappa shape index (κ2) is 7.83. The lowest BCUT2D eigenvalue weighted by Gasteiger charge is -2.61. The van der Waals surface area contributed by atoms with Crippen LogP contribution in [0.15, 0.2) is 24.4 Å². The highest BCUT2D eigenvalue weighted by molar-refractivity contribution is 6.31. The van der Waals surface area contributed by atoms with Crippen LogP contribution < -0.4 is 0 Å². The Hall–Kier alpha value is -1.35. The van der Waals surface area contributed by atoms with E-state index >= 15 is 0 Å². The van der Waals surface area contributed by atoms with Crippen molar-refractivity contribution in [1.82, 2.24) is 9.78 Å². The average Bonchev–Trinajstić information content (AvgIpc) is 3.33. The summed E-state index contributed by atoms with van der Waals surface area (Å²) in [6.07, 6.45) is 14.0. The number of nitrogens with zero attached hydrogens (tertiary/aromatic N) is 2. The minimum Gasteiger partial charge on any atom is -0.297 e. The van der Waals surface area contributed by atoms with Crippen LogP contribution in [0.3, 0.4) is 0 Å². The predicted octanol–water partition coefficient (Wildman–Crippen LogP) is 7.55. The lowest BCUT2D eigenvalue weighted by molar-refractivity contribution is -0.137. The molecule has 4 aliphatic carbocycles. The van der Waals surface area contributed by atoms with Gasteiger partial charge in [-0.15, -0.1) is 0 Å². The molecule has 0 spiro atoms. The summed E-state index contributed by atoms with van der Waals surface area (Å²) in [6, 6.07) is 5.74. The van der Waals surface area contributed by atoms with E-state index in [0.29, 0.717) is 22.8 Å². The first-order chi connectivity index (χ1) is 15.8. The lowest BCUT2D eigenvalue weighted by atomic mass is 9.44. The van der Waals surface area contributed by atoms with Gasteiger partial charge >= 0.3 is 0 Å². The van der Waals surface area contributed by atoms with Crippen LogP contribution in [0.4, 0.5) is 0 Å². The standard InChI is InChI=1S/C29H39ClN2O/c1-18-10-12-28(2)20(14-18)4-6-22-23-7-8-25(29(23,3)13-11-24(22)28)27(33)17-32-16-19-15-21(30)5-9-26(19)31-32/h5,9,15-16,18,20,22-25H,4,6-8,10-14,17H2,1-3H3. The van der Waals surface area contributed by atoms with Gasteiger partial charge in [0.1, 0.15) is 0 Å². The quantitative estimate of drug-likeness (QED) is 0.467. The van der Waals surface area contributed by atoms with Gasteiger partial charge in [-0.1, -0.05) is 38.8 Å². The van der Waals surface area contributed by atoms with Crippen molar-refractivity contribution >= 4 is 28.3 Å². The van der Waals surface area contributed by atoms with E-state index in [-0.39, 0.29) is 11.3 Å². The van der Waals surface area contributed by atoms with E-state index in [0.717, 1.165) is 46.9 Å². The van der Waals surface area contributed by atoms with Gasteiger partial charge in [-0.3, -0.25) is 9.48 Å². The van der Waals surface area contributed by atoms with Crippen LogP contribution in [-0.4, -0.2) is 15.6 Å². The fourth-order valence-corrected chi connectivity index (χ4v) is 9.58. The first kappa shape index (κ1) is 22.1. The number of fused-ring (bicyclic) bond motifs is 6. The fraction of sp³-hybridized carbons (Fsp3) is 0.724. The number of aromatic nitrogens is 2. The maximum atomic E-state index is 13.6. The summed E-state index contributed by atoms with van der Waals surface area (Å²) in [5, 5.41) is 6.38. The highest BCUT2D eigenvalue weighted by Gasteiger charge is 2.60. The molecule has 0 bridgehead atoms. The van der Waals surface area contributed by atoms with E-state index in [2.05, 4.69) is 25.9 Å². The topological polar surface area (TPSA) is 34.9 Å². The summed E-state index contributed by atoms with van der Waals surface area (Å²) in [6.45, 7) is 7.98. The molecule has 0 amide bonds. The molecule has 6 rings (SSSR count). The van der Waals surface area contributed by atoms with Crippen molar-refractivity contribution in [2.45, 2.75) is 85.1 Å². The van der Waals surface area contributed by atoms with Crippen LogP contribution in [-0.2, 0) is 11.3 Å². The molecule has 33 heavy (non-hydrogen) atoms. The van der Waals surface area contributed by atoms with Crippen LogP contribution in [0.25, 0.3) is 10.9 Å². The lowest BCUT2D eigenvalue weighted by Crippen LogP contribution is -2.53. The fourth-order valence-electron chi connectivity index (χ4n) is 9.40. The molecule has 4 aliphatic rings. The number of ketones is 1. The molecule has 3 nitrogen and oxygen atoms in total. The molecule has 1 aromatic carbocycles. The normalized spacial score (nSPS) is 42.5. The summed E-state index contributed by atoms with van der Waals surface area (Å²) < 4.78 is 1.85. The predicted molar refractivity (Wildman–Crippen MR) is 134 cm³/mol. The molecule has 1 aromatic heterocycles. The molecule has 1 heterocycles. The van der Waals surface area contributed by atoms with Gasteiger partial charge in [0.05, 0.1) is 12.1 Å². The molecular weight excluding hydrogens is 428 g/mol. The van der Waals surface area contributed by atoms with Crippen LogP contribution >= 0.6 is 11.6 Å². The van der Waals surface area contributed by atoms with Gasteiger partial charge in [-0.25, -0.2) is 0 Å². The summed E-state index contributed by atoms with van der Waals surface area (Å²) >= 11 is 6.14. The van der Waals surface area contributed by atoms with Gasteiger partial charge in [0.15, 0.2) is 5.78 Å². The van der Waals surface area contributed by atoms with Crippen LogP contribution in [0, 0.1) is 46.3 Å². The zero-order chi connectivity index (χ0) is 23.0. The van der Waals surface area contributed by atoms with Crippen molar-refractivity contribution < 1.29 is 4.79 Å². The summed E-state index contributed by atoms with van der Waals surface area (Å²) in [5.41, 5.74) is 1.64. The summed E-state index contributed by atoms with van der Waals surface area (Å²) in [5.74, 6) is 4.89. The third-order valence-electron chi connectivity index (χ3n) is 11.1. The molecule has 4 saturated carbocycles. The summed E-state index contributed by atoms with van der Waals surface area (Å²) in [4.78, 5) is 13.6. The first-order valence-electron chi connectivity index (χ1n) is 13.4. The molecule has 4 heteroatoms. The molecule has 0 N–H and O–H groups in total. The van der Waals surface area contributed by atoms with Gasteiger partial charge < -0.3 is 0 Å². The van der Waals surface area contributed by atoms with Crippen LogP contribution in [0.5, 0.6) is 0 Å². The smallest absolute Gasteiger partial charge is 0.157 e. The van der Waals surface area contributed by atoms with Crippen molar-refractivity contribution in [1.29, 1.82) is 0 Å². The first-order valence-corrected chi connectivity index (χ1v) is 13.8. The van der Waals surface area contributed by atoms with Crippen molar-refractivity contribution in [3.05, 3.63) is 29.4 Å². The van der Waals surface area contributed by atoms with E-state index < -0.39 is 0 Å². The van der Waals surface area contributed by atoms with Crippen molar-refractivity contribution in [2.75, 3.05) is 0 Å². The van der Waals surface area contributed by atoms with E-state index in [9.17, 15) is 4.79 Å². The molecule has 8 unspecified atom stereocenters. The Balaban J connectivity index is 1.21. The number of halogens is 1. The number of rotatable bonds is 3. The Bertz CT molecular complexity index is 1080. The molecule has 8 atom stereocenters.